The smallest absolute Gasteiger partial charge is 0.251 e. The number of unbranched alkanes of at least 4 members (excludes halogenated alkanes) is 3. The van der Waals surface area contributed by atoms with E-state index in [0.717, 1.165) is 53.8 Å². The average molecular weight is 452 g/mol. The molecule has 34 heavy (non-hydrogen) atoms. The van der Waals surface area contributed by atoms with Gasteiger partial charge in [-0.2, -0.15) is 5.26 Å². The Labute approximate surface area is 200 Å². The molecule has 0 atom stereocenters. The van der Waals surface area contributed by atoms with Gasteiger partial charge in [-0.1, -0.05) is 30.5 Å². The molecule has 0 bridgehead atoms. The van der Waals surface area contributed by atoms with Crippen LogP contribution in [-0.4, -0.2) is 28.5 Å². The Morgan fingerprint density at radius 2 is 1.74 bits per heavy atom. The van der Waals surface area contributed by atoms with Gasteiger partial charge in [-0.3, -0.25) is 9.36 Å². The fraction of sp³-hybridized carbons (Fsp3) is 0.250. The van der Waals surface area contributed by atoms with Gasteiger partial charge < -0.3 is 11.1 Å². The number of nitrogens with zero attached hydrogens (tertiary/aromatic N) is 3. The van der Waals surface area contributed by atoms with Crippen molar-refractivity contribution in [1.82, 2.24) is 14.9 Å². The van der Waals surface area contributed by atoms with Gasteiger partial charge >= 0.3 is 0 Å². The predicted molar refractivity (Wildman–Crippen MR) is 136 cm³/mol. The van der Waals surface area contributed by atoms with Crippen LogP contribution in [0.25, 0.3) is 28.1 Å². The molecule has 0 aliphatic carbocycles. The summed E-state index contributed by atoms with van der Waals surface area (Å²) in [5, 5.41) is 12.2. The van der Waals surface area contributed by atoms with E-state index in [4.69, 9.17) is 16.0 Å². The van der Waals surface area contributed by atoms with Crippen molar-refractivity contribution >= 4 is 16.9 Å². The second-order valence-electron chi connectivity index (χ2n) is 8.46. The van der Waals surface area contributed by atoms with Gasteiger partial charge in [0.15, 0.2) is 0 Å². The Morgan fingerprint density at radius 3 is 2.44 bits per heavy atom. The molecule has 1 aromatic heterocycles. The van der Waals surface area contributed by atoms with E-state index in [1.807, 2.05) is 30.3 Å². The molecule has 0 saturated heterocycles. The number of benzene rings is 3. The van der Waals surface area contributed by atoms with E-state index in [0.29, 0.717) is 24.2 Å². The van der Waals surface area contributed by atoms with Crippen LogP contribution in [0.15, 0.2) is 66.7 Å². The number of nitrogens with two attached hydrogens (primary N) is 1. The number of amides is 1. The zero-order valence-corrected chi connectivity index (χ0v) is 19.4. The van der Waals surface area contributed by atoms with Gasteiger partial charge in [-0.05, 0) is 80.9 Å². The quantitative estimate of drug-likeness (QED) is 0.345. The van der Waals surface area contributed by atoms with Gasteiger partial charge in [0.05, 0.1) is 22.7 Å². The molecule has 1 heterocycles. The largest absolute Gasteiger partial charge is 0.352 e. The van der Waals surface area contributed by atoms with E-state index in [2.05, 4.69) is 47.1 Å². The zero-order chi connectivity index (χ0) is 23.9. The zero-order valence-electron chi connectivity index (χ0n) is 19.4. The van der Waals surface area contributed by atoms with Gasteiger partial charge in [-0.15, -0.1) is 0 Å². The molecule has 3 N–H and O–H groups in total. The van der Waals surface area contributed by atoms with E-state index in [-0.39, 0.29) is 5.91 Å². The highest BCUT2D eigenvalue weighted by atomic mass is 16.1. The summed E-state index contributed by atoms with van der Waals surface area (Å²) < 4.78 is 2.09. The first-order chi connectivity index (χ1) is 16.6. The normalized spacial score (nSPS) is 10.9. The Bertz CT molecular complexity index is 1310. The van der Waals surface area contributed by atoms with Gasteiger partial charge in [-0.25, -0.2) is 4.98 Å². The molecule has 6 nitrogen and oxygen atoms in total. The third-order valence-electron chi connectivity index (χ3n) is 5.90. The number of aryl methyl sites for hydroxylation is 1. The number of carbonyl (C=O) groups is 1. The molecule has 0 radical (unpaired) electrons. The third-order valence-corrected chi connectivity index (χ3v) is 5.90. The predicted octanol–water partition coefficient (Wildman–Crippen LogP) is 5.12. The molecular weight excluding hydrogens is 422 g/mol. The minimum atomic E-state index is -0.0921. The summed E-state index contributed by atoms with van der Waals surface area (Å²) in [6.45, 7) is 3.42. The van der Waals surface area contributed by atoms with E-state index >= 15 is 0 Å². The summed E-state index contributed by atoms with van der Waals surface area (Å²) in [6, 6.07) is 23.5. The maximum atomic E-state index is 12.7. The molecule has 0 unspecified atom stereocenters. The molecule has 172 valence electrons. The second kappa shape index (κ2) is 10.8. The third kappa shape index (κ3) is 5.16. The maximum Gasteiger partial charge on any atom is 0.251 e. The number of hydrogen-bond acceptors (Lipinski definition) is 4. The maximum absolute atomic E-state index is 12.7. The van der Waals surface area contributed by atoms with Gasteiger partial charge in [0.1, 0.15) is 5.82 Å². The first-order valence-corrected chi connectivity index (χ1v) is 11.7. The van der Waals surface area contributed by atoms with E-state index in [1.54, 1.807) is 12.1 Å². The Hall–Kier alpha value is -3.95. The van der Waals surface area contributed by atoms with Gasteiger partial charge in [0, 0.05) is 23.4 Å². The minimum Gasteiger partial charge on any atom is -0.352 e. The number of nitrogens with one attached hydrogen (secondary N) is 1. The number of rotatable bonds is 9. The average Bonchev–Trinajstić information content (AvgIpc) is 3.25. The van der Waals surface area contributed by atoms with Crippen LogP contribution in [0.1, 0.15) is 47.2 Å². The molecule has 0 spiro atoms. The summed E-state index contributed by atoms with van der Waals surface area (Å²) >= 11 is 0. The Morgan fingerprint density at radius 1 is 1.00 bits per heavy atom. The van der Waals surface area contributed by atoms with Crippen molar-refractivity contribution in [1.29, 1.82) is 5.26 Å². The monoisotopic (exact) mass is 451 g/mol. The molecule has 1 amide bonds. The highest BCUT2D eigenvalue weighted by Crippen LogP contribution is 2.29. The lowest BCUT2D eigenvalue weighted by molar-refractivity contribution is 0.0953. The molecule has 0 aliphatic rings. The number of fused-ring (bicyclic) bond motifs is 1. The van der Waals surface area contributed by atoms with Crippen LogP contribution >= 0.6 is 0 Å². The highest BCUT2D eigenvalue weighted by Gasteiger charge is 2.16. The summed E-state index contributed by atoms with van der Waals surface area (Å²) in [7, 11) is 0. The van der Waals surface area contributed by atoms with Crippen LogP contribution in [0, 0.1) is 18.3 Å². The first-order valence-electron chi connectivity index (χ1n) is 11.7. The van der Waals surface area contributed by atoms with Crippen molar-refractivity contribution in [3.8, 4) is 23.1 Å². The summed E-state index contributed by atoms with van der Waals surface area (Å²) in [4.78, 5) is 17.6. The van der Waals surface area contributed by atoms with Crippen LogP contribution in [0.5, 0.6) is 0 Å². The molecule has 4 aromatic rings. The lowest BCUT2D eigenvalue weighted by Crippen LogP contribution is -2.24. The van der Waals surface area contributed by atoms with Crippen LogP contribution in [-0.2, 0) is 0 Å². The number of hydrogen-bond donors (Lipinski definition) is 2. The molecule has 6 heteroatoms. The van der Waals surface area contributed by atoms with Crippen LogP contribution in [0.4, 0.5) is 0 Å². The molecule has 0 aliphatic heterocycles. The topological polar surface area (TPSA) is 96.7 Å². The molecule has 0 fully saturated rings. The minimum absolute atomic E-state index is 0.0921. The summed E-state index contributed by atoms with van der Waals surface area (Å²) in [6.07, 6.45) is 4.12. The fourth-order valence-electron chi connectivity index (χ4n) is 3.99. The Kier molecular flexibility index (Phi) is 7.36. The lowest BCUT2D eigenvalue weighted by Gasteiger charge is -2.10. The lowest BCUT2D eigenvalue weighted by atomic mass is 10.1. The number of imidazole rings is 1. The standard InChI is InChI=1S/C28H29N5O/c1-20-6-13-24(14-7-20)33-26-15-12-23(28(34)31-17-5-3-2-4-16-29)18-25(26)32-27(33)22-10-8-21(19-30)9-11-22/h6-15,18H,2-5,16-17,29H2,1H3,(H,31,34). The van der Waals surface area contributed by atoms with Crippen LogP contribution in [0.2, 0.25) is 0 Å². The molecule has 4 rings (SSSR count). The van der Waals surface area contributed by atoms with Crippen molar-refractivity contribution in [3.05, 3.63) is 83.4 Å². The highest BCUT2D eigenvalue weighted by molar-refractivity contribution is 5.98. The Balaban J connectivity index is 1.66. The van der Waals surface area contributed by atoms with Crippen LogP contribution in [0.3, 0.4) is 0 Å². The van der Waals surface area contributed by atoms with Gasteiger partial charge in [0.2, 0.25) is 0 Å². The molecule has 3 aromatic carbocycles. The van der Waals surface area contributed by atoms with Crippen molar-refractivity contribution in [3.63, 3.8) is 0 Å². The summed E-state index contributed by atoms with van der Waals surface area (Å²) in [5.41, 5.74) is 11.5. The van der Waals surface area contributed by atoms with Crippen molar-refractivity contribution < 1.29 is 4.79 Å². The van der Waals surface area contributed by atoms with Crippen molar-refractivity contribution in [2.45, 2.75) is 32.6 Å². The molecular formula is C28H29N5O. The second-order valence-corrected chi connectivity index (χ2v) is 8.46. The van der Waals surface area contributed by atoms with Crippen molar-refractivity contribution in [2.24, 2.45) is 5.73 Å². The van der Waals surface area contributed by atoms with Gasteiger partial charge in [0.25, 0.3) is 5.91 Å². The fourth-order valence-corrected chi connectivity index (χ4v) is 3.99. The first kappa shape index (κ1) is 23.2. The number of aromatic nitrogens is 2. The van der Waals surface area contributed by atoms with Crippen LogP contribution < -0.4 is 11.1 Å². The van der Waals surface area contributed by atoms with Crippen molar-refractivity contribution in [2.75, 3.05) is 13.1 Å². The number of carbonyl (C=O) groups excluding carboxylic acids is 1. The van der Waals surface area contributed by atoms with E-state index in [9.17, 15) is 4.79 Å². The summed E-state index contributed by atoms with van der Waals surface area (Å²) in [5.74, 6) is 0.673. The number of nitriles is 1. The molecule has 0 saturated carbocycles. The van der Waals surface area contributed by atoms with E-state index in [1.165, 1.54) is 5.56 Å². The van der Waals surface area contributed by atoms with E-state index < -0.39 is 0 Å². The SMILES string of the molecule is Cc1ccc(-n2c(-c3ccc(C#N)cc3)nc3cc(C(=O)NCCCCCCN)ccc32)cc1.